The minimum atomic E-state index is -0.432. The van der Waals surface area contributed by atoms with Crippen LogP contribution in [0.3, 0.4) is 0 Å². The normalized spacial score (nSPS) is 18.9. The molecule has 0 aromatic carbocycles. The van der Waals surface area contributed by atoms with E-state index in [-0.39, 0.29) is 0 Å². The molecule has 1 fully saturated rings. The highest BCUT2D eigenvalue weighted by Gasteiger charge is 2.24. The quantitative estimate of drug-likeness (QED) is 0.796. The van der Waals surface area contributed by atoms with Crippen LogP contribution in [-0.2, 0) is 4.74 Å². The van der Waals surface area contributed by atoms with Gasteiger partial charge in [0.25, 0.3) is 5.91 Å². The predicted molar refractivity (Wildman–Crippen MR) is 82.4 cm³/mol. The Hall–Kier alpha value is -1.66. The fourth-order valence-corrected chi connectivity index (χ4v) is 2.85. The average molecular weight is 292 g/mol. The molecule has 6 heteroatoms. The Morgan fingerprint density at radius 1 is 1.62 bits per heavy atom. The molecule has 0 radical (unpaired) electrons. The number of carbonyl (C=O) groups excluding carboxylic acids is 1. The van der Waals surface area contributed by atoms with Gasteiger partial charge in [0.15, 0.2) is 0 Å². The first kappa shape index (κ1) is 15.7. The Balaban J connectivity index is 1.93. The smallest absolute Gasteiger partial charge is 0.252 e. The SMILES string of the molecule is COCCN1CC[C@@H](CN(C)c2ncccc2C(N)=O)C1. The molecule has 2 rings (SSSR count). The molecule has 6 nitrogen and oxygen atoms in total. The van der Waals surface area contributed by atoms with Gasteiger partial charge < -0.3 is 20.3 Å². The molecule has 1 atom stereocenters. The van der Waals surface area contributed by atoms with Crippen LogP contribution in [0.1, 0.15) is 16.8 Å². The maximum absolute atomic E-state index is 11.5. The highest BCUT2D eigenvalue weighted by Crippen LogP contribution is 2.21. The first-order valence-electron chi connectivity index (χ1n) is 7.29. The van der Waals surface area contributed by atoms with Crippen LogP contribution in [0.15, 0.2) is 18.3 Å². The first-order valence-corrected chi connectivity index (χ1v) is 7.29. The van der Waals surface area contributed by atoms with Crippen LogP contribution in [0.5, 0.6) is 0 Å². The second-order valence-electron chi connectivity index (χ2n) is 5.57. The Bertz CT molecular complexity index is 480. The van der Waals surface area contributed by atoms with E-state index in [9.17, 15) is 4.79 Å². The second-order valence-corrected chi connectivity index (χ2v) is 5.57. The molecule has 2 heterocycles. The third-order valence-electron chi connectivity index (χ3n) is 3.93. The molecule has 1 saturated heterocycles. The van der Waals surface area contributed by atoms with E-state index < -0.39 is 5.91 Å². The first-order chi connectivity index (χ1) is 10.1. The van der Waals surface area contributed by atoms with E-state index in [1.54, 1.807) is 25.4 Å². The number of rotatable bonds is 7. The number of carbonyl (C=O) groups is 1. The summed E-state index contributed by atoms with van der Waals surface area (Å²) in [6.07, 6.45) is 2.85. The van der Waals surface area contributed by atoms with Crippen LogP contribution in [0.2, 0.25) is 0 Å². The lowest BCUT2D eigenvalue weighted by molar-refractivity contribution is 0.100. The van der Waals surface area contributed by atoms with Crippen molar-refractivity contribution >= 4 is 11.7 Å². The molecule has 0 aliphatic carbocycles. The molecule has 1 aliphatic rings. The molecule has 1 aromatic heterocycles. The van der Waals surface area contributed by atoms with E-state index in [4.69, 9.17) is 10.5 Å². The Kier molecular flexibility index (Phi) is 5.52. The number of aromatic nitrogens is 1. The lowest BCUT2D eigenvalue weighted by Crippen LogP contribution is -2.31. The van der Waals surface area contributed by atoms with Gasteiger partial charge in [-0.25, -0.2) is 4.98 Å². The molecular weight excluding hydrogens is 268 g/mol. The average Bonchev–Trinajstić information content (AvgIpc) is 2.92. The van der Waals surface area contributed by atoms with Gasteiger partial charge in [-0.2, -0.15) is 0 Å². The summed E-state index contributed by atoms with van der Waals surface area (Å²) in [5, 5.41) is 0. The number of primary amides is 1. The Morgan fingerprint density at radius 3 is 3.14 bits per heavy atom. The van der Waals surface area contributed by atoms with Crippen molar-refractivity contribution in [2.24, 2.45) is 11.7 Å². The van der Waals surface area contributed by atoms with Crippen LogP contribution in [0, 0.1) is 5.92 Å². The molecule has 0 spiro atoms. The predicted octanol–water partition coefficient (Wildman–Crippen LogP) is 0.585. The molecule has 1 aromatic rings. The minimum Gasteiger partial charge on any atom is -0.383 e. The number of amides is 1. The highest BCUT2D eigenvalue weighted by molar-refractivity contribution is 5.97. The van der Waals surface area contributed by atoms with Crippen molar-refractivity contribution in [1.29, 1.82) is 0 Å². The zero-order valence-corrected chi connectivity index (χ0v) is 12.8. The van der Waals surface area contributed by atoms with Gasteiger partial charge in [0.1, 0.15) is 5.82 Å². The van der Waals surface area contributed by atoms with Crippen molar-refractivity contribution < 1.29 is 9.53 Å². The van der Waals surface area contributed by atoms with Crippen molar-refractivity contribution in [3.8, 4) is 0 Å². The van der Waals surface area contributed by atoms with Gasteiger partial charge in [0.2, 0.25) is 0 Å². The summed E-state index contributed by atoms with van der Waals surface area (Å²) in [7, 11) is 3.69. The van der Waals surface area contributed by atoms with E-state index in [0.717, 1.165) is 39.2 Å². The summed E-state index contributed by atoms with van der Waals surface area (Å²) in [4.78, 5) is 20.2. The Morgan fingerprint density at radius 2 is 2.43 bits per heavy atom. The fraction of sp³-hybridized carbons (Fsp3) is 0.600. The van der Waals surface area contributed by atoms with Gasteiger partial charge in [0.05, 0.1) is 12.2 Å². The molecule has 0 bridgehead atoms. The summed E-state index contributed by atoms with van der Waals surface area (Å²) in [6.45, 7) is 4.79. The number of anilines is 1. The highest BCUT2D eigenvalue weighted by atomic mass is 16.5. The van der Waals surface area contributed by atoms with Gasteiger partial charge in [-0.05, 0) is 31.0 Å². The van der Waals surface area contributed by atoms with Crippen molar-refractivity contribution in [1.82, 2.24) is 9.88 Å². The maximum atomic E-state index is 11.5. The maximum Gasteiger partial charge on any atom is 0.252 e. The summed E-state index contributed by atoms with van der Waals surface area (Å²) in [6, 6.07) is 3.46. The van der Waals surface area contributed by atoms with Crippen LogP contribution in [0.4, 0.5) is 5.82 Å². The van der Waals surface area contributed by atoms with E-state index in [2.05, 4.69) is 9.88 Å². The van der Waals surface area contributed by atoms with Crippen LogP contribution in [-0.4, -0.2) is 62.7 Å². The van der Waals surface area contributed by atoms with Crippen LogP contribution in [0.25, 0.3) is 0 Å². The zero-order valence-electron chi connectivity index (χ0n) is 12.8. The molecular formula is C15H24N4O2. The van der Waals surface area contributed by atoms with Crippen LogP contribution >= 0.6 is 0 Å². The van der Waals surface area contributed by atoms with Gasteiger partial charge >= 0.3 is 0 Å². The minimum absolute atomic E-state index is 0.432. The third kappa shape index (κ3) is 4.15. The number of nitrogens with zero attached hydrogens (tertiary/aromatic N) is 3. The summed E-state index contributed by atoms with van der Waals surface area (Å²) >= 11 is 0. The fourth-order valence-electron chi connectivity index (χ4n) is 2.85. The molecule has 0 saturated carbocycles. The van der Waals surface area contributed by atoms with Gasteiger partial charge in [-0.3, -0.25) is 4.79 Å². The van der Waals surface area contributed by atoms with Crippen molar-refractivity contribution in [2.75, 3.05) is 51.8 Å². The monoisotopic (exact) mass is 292 g/mol. The number of nitrogens with two attached hydrogens (primary N) is 1. The largest absolute Gasteiger partial charge is 0.383 e. The lowest BCUT2D eigenvalue weighted by Gasteiger charge is -2.24. The van der Waals surface area contributed by atoms with Gasteiger partial charge in [-0.1, -0.05) is 0 Å². The Labute approximate surface area is 125 Å². The van der Waals surface area contributed by atoms with Crippen LogP contribution < -0.4 is 10.6 Å². The van der Waals surface area contributed by atoms with Gasteiger partial charge in [0, 0.05) is 40.0 Å². The summed E-state index contributed by atoms with van der Waals surface area (Å²) < 4.78 is 5.12. The topological polar surface area (TPSA) is 71.7 Å². The van der Waals surface area contributed by atoms with Gasteiger partial charge in [-0.15, -0.1) is 0 Å². The molecule has 1 aliphatic heterocycles. The van der Waals surface area contributed by atoms with E-state index >= 15 is 0 Å². The molecule has 21 heavy (non-hydrogen) atoms. The van der Waals surface area contributed by atoms with E-state index in [0.29, 0.717) is 17.3 Å². The van der Waals surface area contributed by atoms with E-state index in [1.165, 1.54) is 0 Å². The molecule has 116 valence electrons. The summed E-state index contributed by atoms with van der Waals surface area (Å²) in [5.74, 6) is 0.813. The number of pyridine rings is 1. The molecule has 2 N–H and O–H groups in total. The van der Waals surface area contributed by atoms with Crippen molar-refractivity contribution in [3.63, 3.8) is 0 Å². The second kappa shape index (κ2) is 7.38. The zero-order chi connectivity index (χ0) is 15.2. The standard InChI is InChI=1S/C15H24N4O2/c1-18(15-13(14(16)20)4-3-6-17-15)10-12-5-7-19(11-12)8-9-21-2/h3-4,6,12H,5,7-11H2,1-2H3,(H2,16,20)/t12-/m0/s1. The van der Waals surface area contributed by atoms with E-state index in [1.807, 2.05) is 11.9 Å². The lowest BCUT2D eigenvalue weighted by atomic mass is 10.1. The number of likely N-dealkylation sites (tertiary alicyclic amines) is 1. The number of hydrogen-bond acceptors (Lipinski definition) is 5. The number of ether oxygens (including phenoxy) is 1. The van der Waals surface area contributed by atoms with Crippen molar-refractivity contribution in [2.45, 2.75) is 6.42 Å². The number of hydrogen-bond donors (Lipinski definition) is 1. The molecule has 0 unspecified atom stereocenters. The van der Waals surface area contributed by atoms with Crippen molar-refractivity contribution in [3.05, 3.63) is 23.9 Å². The molecule has 1 amide bonds. The number of methoxy groups -OCH3 is 1. The summed E-state index contributed by atoms with van der Waals surface area (Å²) in [5.41, 5.74) is 5.89. The third-order valence-corrected chi connectivity index (χ3v) is 3.93.